The van der Waals surface area contributed by atoms with Crippen LogP contribution in [0.1, 0.15) is 23.6 Å². The molecule has 0 spiro atoms. The van der Waals surface area contributed by atoms with Gasteiger partial charge in [0, 0.05) is 25.0 Å². The summed E-state index contributed by atoms with van der Waals surface area (Å²) in [6.07, 6.45) is 6.85. The number of hydrogen-bond acceptors (Lipinski definition) is 4. The Labute approximate surface area is 181 Å². The van der Waals surface area contributed by atoms with Crippen molar-refractivity contribution in [3.05, 3.63) is 82.6 Å². The number of ether oxygens (including phenoxy) is 2. The van der Waals surface area contributed by atoms with Gasteiger partial charge in [-0.15, -0.1) is 0 Å². The Balaban J connectivity index is 1.56. The van der Waals surface area contributed by atoms with Crippen LogP contribution in [0.15, 0.2) is 60.9 Å². The van der Waals surface area contributed by atoms with Crippen molar-refractivity contribution >= 4 is 23.6 Å². The molecule has 0 aliphatic rings. The van der Waals surface area contributed by atoms with Crippen molar-refractivity contribution in [1.29, 1.82) is 0 Å². The van der Waals surface area contributed by atoms with E-state index < -0.39 is 0 Å². The predicted octanol–water partition coefficient (Wildman–Crippen LogP) is 4.32. The molecule has 0 bridgehead atoms. The molecule has 0 radical (unpaired) electrons. The van der Waals surface area contributed by atoms with Gasteiger partial charge in [0.05, 0.1) is 25.3 Å². The summed E-state index contributed by atoms with van der Waals surface area (Å²) >= 11 is 6.24. The minimum absolute atomic E-state index is 0.194. The highest BCUT2D eigenvalue weighted by molar-refractivity contribution is 6.32. The Morgan fingerprint density at radius 2 is 2.00 bits per heavy atom. The number of rotatable bonds is 9. The highest BCUT2D eigenvalue weighted by atomic mass is 35.5. The van der Waals surface area contributed by atoms with Crippen LogP contribution in [0.4, 0.5) is 0 Å². The highest BCUT2D eigenvalue weighted by Crippen LogP contribution is 2.36. The van der Waals surface area contributed by atoms with Gasteiger partial charge in [-0.25, -0.2) is 0 Å². The summed E-state index contributed by atoms with van der Waals surface area (Å²) in [5.41, 5.74) is 2.92. The molecule has 0 aliphatic heterocycles. The number of nitrogens with zero attached hydrogens (tertiary/aromatic N) is 2. The van der Waals surface area contributed by atoms with E-state index in [1.54, 1.807) is 24.4 Å². The molecule has 3 aromatic rings. The SMILES string of the molecule is CCOc1cc(/C=C/C(=O)NCc2ccc(Cn3cccn3)cc2)cc(Cl)c1OC. The summed E-state index contributed by atoms with van der Waals surface area (Å²) in [4.78, 5) is 12.2. The van der Waals surface area contributed by atoms with Gasteiger partial charge in [-0.3, -0.25) is 9.48 Å². The highest BCUT2D eigenvalue weighted by Gasteiger charge is 2.10. The lowest BCUT2D eigenvalue weighted by molar-refractivity contribution is -0.116. The van der Waals surface area contributed by atoms with E-state index in [1.165, 1.54) is 13.2 Å². The molecule has 7 heteroatoms. The second-order valence-electron chi connectivity index (χ2n) is 6.54. The lowest BCUT2D eigenvalue weighted by Gasteiger charge is -2.11. The normalized spacial score (nSPS) is 10.9. The van der Waals surface area contributed by atoms with Crippen LogP contribution in [0.25, 0.3) is 6.08 Å². The van der Waals surface area contributed by atoms with Gasteiger partial charge in [0.15, 0.2) is 11.5 Å². The van der Waals surface area contributed by atoms with Gasteiger partial charge in [0.25, 0.3) is 0 Å². The minimum Gasteiger partial charge on any atom is -0.491 e. The maximum absolute atomic E-state index is 12.2. The van der Waals surface area contributed by atoms with E-state index in [0.29, 0.717) is 29.7 Å². The van der Waals surface area contributed by atoms with Crippen LogP contribution < -0.4 is 14.8 Å². The van der Waals surface area contributed by atoms with Gasteiger partial charge in [-0.2, -0.15) is 5.10 Å². The number of aromatic nitrogens is 2. The van der Waals surface area contributed by atoms with Gasteiger partial charge in [0.1, 0.15) is 0 Å². The van der Waals surface area contributed by atoms with Gasteiger partial charge in [-0.1, -0.05) is 35.9 Å². The number of halogens is 1. The summed E-state index contributed by atoms with van der Waals surface area (Å²) in [7, 11) is 1.54. The fourth-order valence-electron chi connectivity index (χ4n) is 2.91. The minimum atomic E-state index is -0.194. The topological polar surface area (TPSA) is 65.4 Å². The maximum Gasteiger partial charge on any atom is 0.244 e. The number of nitrogens with one attached hydrogen (secondary N) is 1. The molecule has 2 aromatic carbocycles. The zero-order valence-electron chi connectivity index (χ0n) is 17.0. The predicted molar refractivity (Wildman–Crippen MR) is 118 cm³/mol. The van der Waals surface area contributed by atoms with Gasteiger partial charge >= 0.3 is 0 Å². The lowest BCUT2D eigenvalue weighted by Crippen LogP contribution is -2.20. The van der Waals surface area contributed by atoms with E-state index in [9.17, 15) is 4.79 Å². The molecule has 156 valence electrons. The van der Waals surface area contributed by atoms with Crippen LogP contribution in [-0.2, 0) is 17.9 Å². The number of amides is 1. The van der Waals surface area contributed by atoms with Crippen molar-refractivity contribution in [1.82, 2.24) is 15.1 Å². The number of methoxy groups -OCH3 is 1. The number of carbonyl (C=O) groups is 1. The number of hydrogen-bond donors (Lipinski definition) is 1. The molecule has 3 rings (SSSR count). The number of carbonyl (C=O) groups excluding carboxylic acids is 1. The Morgan fingerprint density at radius 1 is 1.23 bits per heavy atom. The lowest BCUT2D eigenvalue weighted by atomic mass is 10.1. The number of benzene rings is 2. The summed E-state index contributed by atoms with van der Waals surface area (Å²) < 4.78 is 12.7. The van der Waals surface area contributed by atoms with Crippen LogP contribution in [0.3, 0.4) is 0 Å². The molecule has 1 heterocycles. The second-order valence-corrected chi connectivity index (χ2v) is 6.95. The van der Waals surface area contributed by atoms with Crippen LogP contribution in [-0.4, -0.2) is 29.4 Å². The molecule has 0 saturated carbocycles. The molecular weight excluding hydrogens is 402 g/mol. The van der Waals surface area contributed by atoms with E-state index in [-0.39, 0.29) is 5.91 Å². The molecule has 1 N–H and O–H groups in total. The van der Waals surface area contributed by atoms with E-state index in [0.717, 1.165) is 23.2 Å². The van der Waals surface area contributed by atoms with Crippen LogP contribution in [0, 0.1) is 0 Å². The Kier molecular flexibility index (Phi) is 7.51. The Bertz CT molecular complexity index is 999. The van der Waals surface area contributed by atoms with Crippen LogP contribution >= 0.6 is 11.6 Å². The zero-order valence-corrected chi connectivity index (χ0v) is 17.7. The summed E-state index contributed by atoms with van der Waals surface area (Å²) in [6.45, 7) is 3.53. The van der Waals surface area contributed by atoms with E-state index >= 15 is 0 Å². The maximum atomic E-state index is 12.2. The van der Waals surface area contributed by atoms with Crippen molar-refractivity contribution in [2.75, 3.05) is 13.7 Å². The largest absolute Gasteiger partial charge is 0.491 e. The second kappa shape index (κ2) is 10.5. The Hall–Kier alpha value is -3.25. The molecular formula is C23H24ClN3O3. The smallest absolute Gasteiger partial charge is 0.244 e. The molecule has 0 atom stereocenters. The molecule has 0 fully saturated rings. The first-order chi connectivity index (χ1) is 14.6. The van der Waals surface area contributed by atoms with Crippen LogP contribution in [0.2, 0.25) is 5.02 Å². The van der Waals surface area contributed by atoms with Gasteiger partial charge < -0.3 is 14.8 Å². The zero-order chi connectivity index (χ0) is 21.3. The molecule has 1 amide bonds. The third-order valence-electron chi connectivity index (χ3n) is 4.36. The first kappa shape index (κ1) is 21.5. The molecule has 1 aromatic heterocycles. The van der Waals surface area contributed by atoms with Gasteiger partial charge in [0.2, 0.25) is 5.91 Å². The van der Waals surface area contributed by atoms with Crippen molar-refractivity contribution in [2.24, 2.45) is 0 Å². The average Bonchev–Trinajstić information content (AvgIpc) is 3.25. The molecule has 6 nitrogen and oxygen atoms in total. The van der Waals surface area contributed by atoms with E-state index in [4.69, 9.17) is 21.1 Å². The van der Waals surface area contributed by atoms with E-state index in [1.807, 2.05) is 48.1 Å². The molecule has 0 aliphatic carbocycles. The summed E-state index contributed by atoms with van der Waals surface area (Å²) in [5, 5.41) is 7.51. The van der Waals surface area contributed by atoms with Crippen molar-refractivity contribution in [3.8, 4) is 11.5 Å². The van der Waals surface area contributed by atoms with Crippen LogP contribution in [0.5, 0.6) is 11.5 Å². The average molecular weight is 426 g/mol. The molecule has 30 heavy (non-hydrogen) atoms. The Morgan fingerprint density at radius 3 is 2.67 bits per heavy atom. The van der Waals surface area contributed by atoms with Crippen molar-refractivity contribution < 1.29 is 14.3 Å². The molecule has 0 unspecified atom stereocenters. The fourth-order valence-corrected chi connectivity index (χ4v) is 3.21. The summed E-state index contributed by atoms with van der Waals surface area (Å²) in [6, 6.07) is 13.5. The standard InChI is InChI=1S/C23H24ClN3O3/c1-3-30-21-14-19(13-20(24)23(21)29-2)9-10-22(28)25-15-17-5-7-18(8-6-17)16-27-12-4-11-26-27/h4-14H,3,15-16H2,1-2H3,(H,25,28)/b10-9+. The molecule has 0 saturated heterocycles. The fraction of sp³-hybridized carbons (Fsp3) is 0.217. The quantitative estimate of drug-likeness (QED) is 0.518. The monoisotopic (exact) mass is 425 g/mol. The first-order valence-corrected chi connectivity index (χ1v) is 9.98. The first-order valence-electron chi connectivity index (χ1n) is 9.60. The van der Waals surface area contributed by atoms with Crippen molar-refractivity contribution in [2.45, 2.75) is 20.0 Å². The van der Waals surface area contributed by atoms with E-state index in [2.05, 4.69) is 10.4 Å². The van der Waals surface area contributed by atoms with Crippen molar-refractivity contribution in [3.63, 3.8) is 0 Å². The third-order valence-corrected chi connectivity index (χ3v) is 4.64. The third kappa shape index (κ3) is 5.87. The van der Waals surface area contributed by atoms with Gasteiger partial charge in [-0.05, 0) is 47.9 Å². The summed E-state index contributed by atoms with van der Waals surface area (Å²) in [5.74, 6) is 0.833.